The molecule has 0 bridgehead atoms. The third-order valence-electron chi connectivity index (χ3n) is 2.26. The fourth-order valence-electron chi connectivity index (χ4n) is 1.49. The monoisotopic (exact) mass is 162 g/mol. The van der Waals surface area contributed by atoms with E-state index in [1.54, 1.807) is 0 Å². The second kappa shape index (κ2) is 4.59. The number of hydrogen-bond acceptors (Lipinski definition) is 0. The van der Waals surface area contributed by atoms with Gasteiger partial charge in [-0.25, -0.2) is 0 Å². The maximum absolute atomic E-state index is 2.27. The van der Waals surface area contributed by atoms with Crippen LogP contribution in [0.15, 0.2) is 30.3 Å². The van der Waals surface area contributed by atoms with Crippen molar-refractivity contribution >= 4 is 16.3 Å². The molecule has 0 saturated heterocycles. The summed E-state index contributed by atoms with van der Waals surface area (Å²) in [6, 6.07) is 10.8. The van der Waals surface area contributed by atoms with Crippen molar-refractivity contribution in [1.82, 2.24) is 0 Å². The van der Waals surface area contributed by atoms with E-state index in [9.17, 15) is 0 Å². The summed E-state index contributed by atoms with van der Waals surface area (Å²) in [4.78, 5) is 0. The molecular weight excluding hydrogens is 147 g/mol. The smallest absolute Gasteiger partial charge is 0.0946 e. The topological polar surface area (TPSA) is 0 Å². The van der Waals surface area contributed by atoms with E-state index in [1.165, 1.54) is 33.6 Å². The Kier molecular flexibility index (Phi) is 3.69. The first kappa shape index (κ1) is 8.85. The van der Waals surface area contributed by atoms with E-state index in [0.29, 0.717) is 0 Å². The predicted octanol–water partition coefficient (Wildman–Crippen LogP) is 2.23. The molecule has 0 nitrogen and oxygen atoms in total. The fraction of sp³-hybridized carbons (Fsp3) is 0.400. The lowest BCUT2D eigenvalue weighted by Crippen LogP contribution is -1.94. The molecule has 0 fully saturated rings. The Hall–Kier alpha value is -0.248. The number of hydrogen-bond donors (Lipinski definition) is 0. The molecule has 0 aliphatic carbocycles. The normalized spacial score (nSPS) is 12.8. The third kappa shape index (κ3) is 2.36. The minimum Gasteiger partial charge on any atom is -0.0946 e. The summed E-state index contributed by atoms with van der Waals surface area (Å²) in [7, 11) is 0. The van der Waals surface area contributed by atoms with Crippen LogP contribution in [0.5, 0.6) is 0 Å². The van der Waals surface area contributed by atoms with Gasteiger partial charge in [-0.2, -0.15) is 0 Å². The Balaban J connectivity index is 2.74. The molecule has 1 unspecified atom stereocenters. The Morgan fingerprint density at radius 1 is 1.27 bits per heavy atom. The highest BCUT2D eigenvalue weighted by Crippen LogP contribution is 2.21. The van der Waals surface area contributed by atoms with Gasteiger partial charge in [-0.3, -0.25) is 0 Å². The first-order valence-electron chi connectivity index (χ1n) is 4.43. The van der Waals surface area contributed by atoms with Crippen molar-refractivity contribution in [2.45, 2.75) is 24.5 Å². The summed E-state index contributed by atoms with van der Waals surface area (Å²) < 4.78 is 0. The van der Waals surface area contributed by atoms with Crippen LogP contribution in [0.2, 0.25) is 5.28 Å². The SMILES string of the molecule is CCC([CH2][AlH2])c1ccccc1. The van der Waals surface area contributed by atoms with Crippen LogP contribution in [0.25, 0.3) is 0 Å². The summed E-state index contributed by atoms with van der Waals surface area (Å²) in [5.74, 6) is 0.822. The van der Waals surface area contributed by atoms with Gasteiger partial charge >= 0.3 is 0 Å². The maximum Gasteiger partial charge on any atom is 0.212 e. The average molecular weight is 162 g/mol. The lowest BCUT2D eigenvalue weighted by Gasteiger charge is -2.11. The van der Waals surface area contributed by atoms with E-state index in [2.05, 4.69) is 37.3 Å². The molecule has 1 atom stereocenters. The molecule has 1 aromatic carbocycles. The Morgan fingerprint density at radius 3 is 2.36 bits per heavy atom. The van der Waals surface area contributed by atoms with E-state index in [4.69, 9.17) is 0 Å². The first-order chi connectivity index (χ1) is 5.38. The number of benzene rings is 1. The van der Waals surface area contributed by atoms with Crippen LogP contribution >= 0.6 is 0 Å². The van der Waals surface area contributed by atoms with E-state index < -0.39 is 0 Å². The molecule has 0 radical (unpaired) electrons. The standard InChI is InChI=1S/C10H13.Al.2H/c1-3-9(2)10-7-5-4-6-8-10;;;/h4-9H,2-3H2,1H3;;;. The molecule has 0 aliphatic rings. The molecule has 0 N–H and O–H groups in total. The van der Waals surface area contributed by atoms with Crippen molar-refractivity contribution in [3.8, 4) is 0 Å². The molecule has 0 heterocycles. The summed E-state index contributed by atoms with van der Waals surface area (Å²) in [5, 5.41) is 1.39. The molecule has 1 aromatic rings. The van der Waals surface area contributed by atoms with Crippen LogP contribution in [0.4, 0.5) is 0 Å². The van der Waals surface area contributed by atoms with E-state index >= 15 is 0 Å². The summed E-state index contributed by atoms with van der Waals surface area (Å²) in [5.41, 5.74) is 1.52. The third-order valence-corrected chi connectivity index (χ3v) is 3.24. The molecule has 0 aromatic heterocycles. The molecule has 1 rings (SSSR count). The minimum atomic E-state index is 0.822. The molecule has 0 aliphatic heterocycles. The molecule has 0 saturated carbocycles. The first-order valence-corrected chi connectivity index (χ1v) is 5.84. The van der Waals surface area contributed by atoms with Crippen LogP contribution < -0.4 is 0 Å². The summed E-state index contributed by atoms with van der Waals surface area (Å²) >= 11 is 1.32. The van der Waals surface area contributed by atoms with Gasteiger partial charge in [-0.1, -0.05) is 49.0 Å². The molecule has 11 heavy (non-hydrogen) atoms. The van der Waals surface area contributed by atoms with Gasteiger partial charge < -0.3 is 0 Å². The predicted molar refractivity (Wildman–Crippen MR) is 52.8 cm³/mol. The Labute approximate surface area is 77.1 Å². The van der Waals surface area contributed by atoms with Gasteiger partial charge in [0.05, 0.1) is 0 Å². The van der Waals surface area contributed by atoms with Crippen LogP contribution in [0.3, 0.4) is 0 Å². The van der Waals surface area contributed by atoms with Gasteiger partial charge in [0, 0.05) is 0 Å². The van der Waals surface area contributed by atoms with Crippen molar-refractivity contribution in [2.24, 2.45) is 0 Å². The molecular formula is C10H15Al. The highest BCUT2D eigenvalue weighted by atomic mass is 27.0. The van der Waals surface area contributed by atoms with Crippen LogP contribution in [-0.2, 0) is 0 Å². The van der Waals surface area contributed by atoms with E-state index in [0.717, 1.165) is 5.92 Å². The maximum atomic E-state index is 2.27. The van der Waals surface area contributed by atoms with Crippen LogP contribution in [-0.4, -0.2) is 16.3 Å². The quantitative estimate of drug-likeness (QED) is 0.598. The summed E-state index contributed by atoms with van der Waals surface area (Å²) in [6.45, 7) is 2.27. The van der Waals surface area contributed by atoms with Gasteiger partial charge in [-0.15, -0.1) is 0 Å². The number of rotatable bonds is 3. The largest absolute Gasteiger partial charge is 0.212 e. The van der Waals surface area contributed by atoms with Gasteiger partial charge in [0.1, 0.15) is 0 Å². The molecule has 58 valence electrons. The fourth-order valence-corrected chi connectivity index (χ4v) is 2.53. The Morgan fingerprint density at radius 2 is 1.91 bits per heavy atom. The van der Waals surface area contributed by atoms with Crippen LogP contribution in [0.1, 0.15) is 24.8 Å². The zero-order chi connectivity index (χ0) is 8.10. The highest BCUT2D eigenvalue weighted by molar-refractivity contribution is 6.09. The zero-order valence-corrected chi connectivity index (χ0v) is 9.38. The molecule has 0 spiro atoms. The second-order valence-electron chi connectivity index (χ2n) is 2.92. The second-order valence-corrected chi connectivity index (χ2v) is 3.74. The zero-order valence-electron chi connectivity index (χ0n) is 7.38. The highest BCUT2D eigenvalue weighted by Gasteiger charge is 2.03. The molecule has 0 amide bonds. The van der Waals surface area contributed by atoms with Crippen molar-refractivity contribution in [3.05, 3.63) is 35.9 Å². The Bertz CT molecular complexity index is 189. The van der Waals surface area contributed by atoms with Gasteiger partial charge in [0.2, 0.25) is 16.3 Å². The van der Waals surface area contributed by atoms with Gasteiger partial charge in [0.25, 0.3) is 0 Å². The van der Waals surface area contributed by atoms with E-state index in [-0.39, 0.29) is 0 Å². The minimum absolute atomic E-state index is 0.822. The molecule has 1 heteroatoms. The van der Waals surface area contributed by atoms with Gasteiger partial charge in [-0.05, 0) is 11.5 Å². The van der Waals surface area contributed by atoms with Gasteiger partial charge in [0.15, 0.2) is 0 Å². The van der Waals surface area contributed by atoms with Crippen molar-refractivity contribution in [3.63, 3.8) is 0 Å². The lowest BCUT2D eigenvalue weighted by molar-refractivity contribution is 0.732. The van der Waals surface area contributed by atoms with Crippen molar-refractivity contribution in [1.29, 1.82) is 0 Å². The average Bonchev–Trinajstić information content (AvgIpc) is 2.09. The van der Waals surface area contributed by atoms with Crippen LogP contribution in [0, 0.1) is 0 Å². The van der Waals surface area contributed by atoms with E-state index in [1.807, 2.05) is 0 Å². The van der Waals surface area contributed by atoms with Crippen molar-refractivity contribution in [2.75, 3.05) is 0 Å². The van der Waals surface area contributed by atoms with Crippen molar-refractivity contribution < 1.29 is 0 Å². The summed E-state index contributed by atoms with van der Waals surface area (Å²) in [6.07, 6.45) is 1.29. The lowest BCUT2D eigenvalue weighted by atomic mass is 9.99.